The van der Waals surface area contributed by atoms with Crippen molar-refractivity contribution in [1.29, 1.82) is 0 Å². The van der Waals surface area contributed by atoms with Crippen LogP contribution in [-0.2, 0) is 14.8 Å². The van der Waals surface area contributed by atoms with Crippen molar-refractivity contribution in [3.63, 3.8) is 0 Å². The van der Waals surface area contributed by atoms with Crippen molar-refractivity contribution in [2.75, 3.05) is 18.6 Å². The maximum Gasteiger partial charge on any atom is 0.414 e. The van der Waals surface area contributed by atoms with Crippen molar-refractivity contribution in [2.24, 2.45) is 0 Å². The Morgan fingerprint density at radius 1 is 1.22 bits per heavy atom. The molecule has 1 amide bonds. The molecule has 1 rings (SSSR count). The third-order valence-electron chi connectivity index (χ3n) is 3.65. The number of rotatable bonds is 10. The van der Waals surface area contributed by atoms with Gasteiger partial charge in [-0.3, -0.25) is 4.79 Å². The van der Waals surface area contributed by atoms with E-state index < -0.39 is 47.2 Å². The van der Waals surface area contributed by atoms with Crippen molar-refractivity contribution in [1.82, 2.24) is 10.0 Å². The van der Waals surface area contributed by atoms with E-state index in [1.54, 1.807) is 25.3 Å². The highest BCUT2D eigenvalue weighted by Crippen LogP contribution is 2.21. The first kappa shape index (κ1) is 23.7. The van der Waals surface area contributed by atoms with E-state index >= 15 is 0 Å². The first-order valence-corrected chi connectivity index (χ1v) is 11.0. The van der Waals surface area contributed by atoms with Gasteiger partial charge >= 0.3 is 6.18 Å². The van der Waals surface area contributed by atoms with Gasteiger partial charge in [0.2, 0.25) is 15.9 Å². The molecule has 0 saturated carbocycles. The molecule has 11 heteroatoms. The lowest BCUT2D eigenvalue weighted by Crippen LogP contribution is -2.47. The molecule has 6 nitrogen and oxygen atoms in total. The van der Waals surface area contributed by atoms with E-state index in [9.17, 15) is 26.4 Å². The Bertz CT molecular complexity index is 709. The maximum atomic E-state index is 12.4. The molecule has 0 aromatic heterocycles. The minimum atomic E-state index is -4.77. The van der Waals surface area contributed by atoms with Gasteiger partial charge in [0.15, 0.2) is 6.10 Å². The smallest absolute Gasteiger partial charge is 0.384 e. The van der Waals surface area contributed by atoms with Crippen LogP contribution in [-0.4, -0.2) is 56.3 Å². The summed E-state index contributed by atoms with van der Waals surface area (Å²) in [6, 6.07) is 4.90. The molecular formula is C16H23F3N2O4S2. The van der Waals surface area contributed by atoms with Gasteiger partial charge < -0.3 is 10.4 Å². The molecule has 154 valence electrons. The van der Waals surface area contributed by atoms with Crippen molar-refractivity contribution >= 4 is 27.7 Å². The topological polar surface area (TPSA) is 95.5 Å². The van der Waals surface area contributed by atoms with Crippen LogP contribution in [0, 0.1) is 6.92 Å². The molecule has 2 atom stereocenters. The van der Waals surface area contributed by atoms with Gasteiger partial charge in [0.05, 0.1) is 4.90 Å². The fraction of sp³-hybridized carbons (Fsp3) is 0.562. The van der Waals surface area contributed by atoms with Gasteiger partial charge in [-0.15, -0.1) is 0 Å². The molecule has 1 aromatic rings. The van der Waals surface area contributed by atoms with Crippen molar-refractivity contribution in [3.8, 4) is 0 Å². The molecule has 0 radical (unpaired) electrons. The van der Waals surface area contributed by atoms with E-state index in [1.165, 1.54) is 23.9 Å². The van der Waals surface area contributed by atoms with Crippen LogP contribution in [0.2, 0.25) is 0 Å². The summed E-state index contributed by atoms with van der Waals surface area (Å²) < 4.78 is 64.0. The highest BCUT2D eigenvalue weighted by atomic mass is 32.2. The molecule has 0 unspecified atom stereocenters. The van der Waals surface area contributed by atoms with E-state index in [2.05, 4.69) is 10.0 Å². The van der Waals surface area contributed by atoms with Gasteiger partial charge in [-0.2, -0.15) is 29.7 Å². The van der Waals surface area contributed by atoms with Crippen LogP contribution in [0.15, 0.2) is 29.2 Å². The van der Waals surface area contributed by atoms with Crippen molar-refractivity contribution in [2.45, 2.75) is 43.0 Å². The minimum absolute atomic E-state index is 0.0115. The monoisotopic (exact) mass is 428 g/mol. The van der Waals surface area contributed by atoms with Crippen LogP contribution in [0.5, 0.6) is 0 Å². The lowest BCUT2D eigenvalue weighted by atomic mass is 10.2. The number of hydrogen-bond acceptors (Lipinski definition) is 5. The fourth-order valence-corrected chi connectivity index (χ4v) is 3.77. The summed E-state index contributed by atoms with van der Waals surface area (Å²) >= 11 is 1.40. The zero-order chi connectivity index (χ0) is 20.7. The molecule has 0 bridgehead atoms. The largest absolute Gasteiger partial charge is 0.414 e. The van der Waals surface area contributed by atoms with Crippen LogP contribution >= 0.6 is 11.8 Å². The number of carbonyl (C=O) groups is 1. The number of sulfonamides is 1. The zero-order valence-corrected chi connectivity index (χ0v) is 16.5. The molecule has 3 N–H and O–H groups in total. The number of amides is 1. The molecule has 27 heavy (non-hydrogen) atoms. The summed E-state index contributed by atoms with van der Waals surface area (Å²) in [6.45, 7) is 1.37. The molecule has 0 fully saturated rings. The van der Waals surface area contributed by atoms with E-state index in [-0.39, 0.29) is 11.3 Å². The summed E-state index contributed by atoms with van der Waals surface area (Å²) in [6.07, 6.45) is -6.08. The lowest BCUT2D eigenvalue weighted by molar-refractivity contribution is -0.205. The van der Waals surface area contributed by atoms with E-state index in [1.807, 2.05) is 0 Å². The first-order chi connectivity index (χ1) is 12.5. The number of nitrogens with one attached hydrogen (secondary N) is 2. The Hall–Kier alpha value is -1.30. The molecule has 1 aromatic carbocycles. The Morgan fingerprint density at radius 3 is 2.33 bits per heavy atom. The van der Waals surface area contributed by atoms with Gasteiger partial charge in [0.25, 0.3) is 0 Å². The van der Waals surface area contributed by atoms with Gasteiger partial charge in [-0.25, -0.2) is 8.42 Å². The Kier molecular flexibility index (Phi) is 9.06. The lowest BCUT2D eigenvalue weighted by Gasteiger charge is -2.19. The quantitative estimate of drug-likeness (QED) is 0.529. The second-order valence-electron chi connectivity index (χ2n) is 5.91. The zero-order valence-electron chi connectivity index (χ0n) is 14.9. The average molecular weight is 428 g/mol. The molecule has 0 aliphatic rings. The number of hydrogen-bond donors (Lipinski definition) is 3. The predicted octanol–water partition coefficient (Wildman–Crippen LogP) is 1.82. The second kappa shape index (κ2) is 10.3. The summed E-state index contributed by atoms with van der Waals surface area (Å²) in [7, 11) is -3.97. The number of aliphatic hydroxyl groups excluding tert-OH is 1. The highest BCUT2D eigenvalue weighted by molar-refractivity contribution is 7.98. The van der Waals surface area contributed by atoms with Gasteiger partial charge in [-0.05, 0) is 43.9 Å². The van der Waals surface area contributed by atoms with Crippen LogP contribution in [0.1, 0.15) is 18.4 Å². The third kappa shape index (κ3) is 8.08. The fourth-order valence-electron chi connectivity index (χ4n) is 2.07. The van der Waals surface area contributed by atoms with Crippen LogP contribution in [0.25, 0.3) is 0 Å². The van der Waals surface area contributed by atoms with Crippen LogP contribution in [0.3, 0.4) is 0 Å². The molecule has 0 aliphatic carbocycles. The number of carbonyl (C=O) groups excluding carboxylic acids is 1. The second-order valence-corrected chi connectivity index (χ2v) is 8.61. The number of halogens is 3. The molecule has 0 saturated heterocycles. The normalized spacial score (nSPS) is 14.6. The van der Waals surface area contributed by atoms with E-state index in [0.717, 1.165) is 5.56 Å². The predicted molar refractivity (Wildman–Crippen MR) is 98.0 cm³/mol. The molecule has 0 aliphatic heterocycles. The maximum absolute atomic E-state index is 12.4. The van der Waals surface area contributed by atoms with E-state index in [4.69, 9.17) is 5.11 Å². The van der Waals surface area contributed by atoms with Gasteiger partial charge in [0, 0.05) is 6.54 Å². The van der Waals surface area contributed by atoms with Crippen LogP contribution < -0.4 is 10.0 Å². The number of aryl methyl sites for hydroxylation is 1. The first-order valence-electron chi connectivity index (χ1n) is 8.08. The number of thioether (sulfide) groups is 1. The number of alkyl halides is 3. The van der Waals surface area contributed by atoms with Crippen molar-refractivity contribution in [3.05, 3.63) is 29.8 Å². The Labute approximate surface area is 161 Å². The molecular weight excluding hydrogens is 405 g/mol. The van der Waals surface area contributed by atoms with Gasteiger partial charge in [-0.1, -0.05) is 17.7 Å². The summed E-state index contributed by atoms with van der Waals surface area (Å²) in [5.41, 5.74) is 0.869. The van der Waals surface area contributed by atoms with Crippen LogP contribution in [0.4, 0.5) is 13.2 Å². The summed E-state index contributed by atoms with van der Waals surface area (Å²) in [5.74, 6) is -0.270. The number of aliphatic hydroxyl groups is 1. The van der Waals surface area contributed by atoms with Crippen molar-refractivity contribution < 1.29 is 31.5 Å². The highest BCUT2D eigenvalue weighted by Gasteiger charge is 2.37. The Balaban J connectivity index is 2.76. The van der Waals surface area contributed by atoms with Gasteiger partial charge in [0.1, 0.15) is 6.04 Å². The standard InChI is InChI=1S/C16H23F3N2O4S2/c1-11-3-5-12(6-4-11)27(24,25)21-13(8-10-26-2)15(23)20-9-7-14(22)16(17,18)19/h3-6,13-14,21-22H,7-10H2,1-2H3,(H,20,23)/t13-,14+/m0/s1. The summed E-state index contributed by atoms with van der Waals surface area (Å²) in [4.78, 5) is 12.2. The number of benzene rings is 1. The van der Waals surface area contributed by atoms with E-state index in [0.29, 0.717) is 5.75 Å². The average Bonchev–Trinajstić information content (AvgIpc) is 2.57. The molecule has 0 spiro atoms. The summed E-state index contributed by atoms with van der Waals surface area (Å²) in [5, 5.41) is 11.2. The third-order valence-corrected chi connectivity index (χ3v) is 5.78. The minimum Gasteiger partial charge on any atom is -0.384 e. The molecule has 0 heterocycles. The Morgan fingerprint density at radius 2 is 1.81 bits per heavy atom. The SMILES string of the molecule is CSCC[C@H](NS(=O)(=O)c1ccc(C)cc1)C(=O)NCC[C@@H](O)C(F)(F)F.